The maximum absolute atomic E-state index is 10.6. The van der Waals surface area contributed by atoms with Crippen LogP contribution in [0.15, 0.2) is 27.7 Å². The van der Waals surface area contributed by atoms with E-state index in [1.807, 2.05) is 20.0 Å². The van der Waals surface area contributed by atoms with E-state index in [0.717, 1.165) is 41.0 Å². The Kier molecular flexibility index (Phi) is 7.33. The van der Waals surface area contributed by atoms with Crippen LogP contribution in [0.4, 0.5) is 0 Å². The van der Waals surface area contributed by atoms with E-state index in [9.17, 15) is 5.11 Å². The first-order chi connectivity index (χ1) is 12.3. The number of aliphatic imine (C=N–C) groups is 2. The van der Waals surface area contributed by atoms with Crippen LogP contribution in [0, 0.1) is 5.41 Å². The molecule has 26 heavy (non-hydrogen) atoms. The lowest BCUT2D eigenvalue weighted by Crippen LogP contribution is -2.29. The Morgan fingerprint density at radius 1 is 1.46 bits per heavy atom. The number of benzene rings is 1. The minimum absolute atomic E-state index is 0.135. The van der Waals surface area contributed by atoms with Crippen molar-refractivity contribution in [2.24, 2.45) is 15.4 Å². The Hall–Kier alpha value is -0.860. The molecule has 1 aromatic carbocycles. The second-order valence-corrected chi connectivity index (χ2v) is 8.79. The van der Waals surface area contributed by atoms with Gasteiger partial charge in [0.1, 0.15) is 5.75 Å². The third-order valence-electron chi connectivity index (χ3n) is 5.15. The highest BCUT2D eigenvalue weighted by atomic mass is 127. The summed E-state index contributed by atoms with van der Waals surface area (Å²) in [7, 11) is 3.15. The van der Waals surface area contributed by atoms with Gasteiger partial charge in [0.2, 0.25) is 0 Å². The predicted molar refractivity (Wildman–Crippen MR) is 122 cm³/mol. The first-order valence-electron chi connectivity index (χ1n) is 8.69. The molecule has 4 nitrogen and oxygen atoms in total. The largest absolute Gasteiger partial charge is 0.508 e. The smallest absolute Gasteiger partial charge is 0.119 e. The number of phenols is 1. The number of phenolic OH excluding ortho intramolecular Hbond substituents is 1. The lowest BCUT2D eigenvalue weighted by molar-refractivity contribution is 0.351. The van der Waals surface area contributed by atoms with Gasteiger partial charge in [-0.25, -0.2) is 0 Å². The van der Waals surface area contributed by atoms with Gasteiger partial charge in [-0.15, -0.1) is 0 Å². The van der Waals surface area contributed by atoms with Gasteiger partial charge >= 0.3 is 0 Å². The van der Waals surface area contributed by atoms with Crippen LogP contribution in [-0.4, -0.2) is 31.2 Å². The molecule has 1 aliphatic rings. The molecule has 142 valence electrons. The third kappa shape index (κ3) is 4.17. The van der Waals surface area contributed by atoms with Crippen molar-refractivity contribution in [1.29, 1.82) is 0 Å². The number of allylic oxidation sites excluding steroid dienone is 1. The average molecular weight is 486 g/mol. The highest BCUT2D eigenvalue weighted by Crippen LogP contribution is 2.48. The molecule has 0 bridgehead atoms. The topological polar surface area (TPSA) is 54.2 Å². The van der Waals surface area contributed by atoms with Crippen molar-refractivity contribution >= 4 is 48.5 Å². The number of nitrogens with zero attached hydrogens (tertiary/aromatic N) is 2. The SMILES string of the molecule is C=NC1=C(C(C)=NC)C(C)(C)Cc2c1ccc(O)c2C(C)CCOSI. The number of hydrogen-bond donors (Lipinski definition) is 1. The summed E-state index contributed by atoms with van der Waals surface area (Å²) in [6.45, 7) is 13.1. The highest BCUT2D eigenvalue weighted by molar-refractivity contribution is 14.2. The summed E-state index contributed by atoms with van der Waals surface area (Å²) in [4.78, 5) is 8.78. The summed E-state index contributed by atoms with van der Waals surface area (Å²) < 4.78 is 5.42. The number of hydrogen-bond acceptors (Lipinski definition) is 5. The fourth-order valence-electron chi connectivity index (χ4n) is 3.94. The molecule has 0 fully saturated rings. The molecule has 0 radical (unpaired) electrons. The van der Waals surface area contributed by atoms with E-state index in [4.69, 9.17) is 4.18 Å². The second kappa shape index (κ2) is 8.89. The van der Waals surface area contributed by atoms with Crippen LogP contribution in [0.25, 0.3) is 5.70 Å². The van der Waals surface area contributed by atoms with Crippen molar-refractivity contribution in [2.45, 2.75) is 46.5 Å². The van der Waals surface area contributed by atoms with Crippen LogP contribution < -0.4 is 0 Å². The van der Waals surface area contributed by atoms with E-state index in [1.165, 1.54) is 14.8 Å². The fraction of sp³-hybridized carbons (Fsp3) is 0.500. The zero-order chi connectivity index (χ0) is 19.5. The third-order valence-corrected chi connectivity index (χ3v) is 6.17. The number of rotatable bonds is 7. The minimum Gasteiger partial charge on any atom is -0.508 e. The summed E-state index contributed by atoms with van der Waals surface area (Å²) in [5, 5.41) is 10.6. The highest BCUT2D eigenvalue weighted by Gasteiger charge is 2.37. The lowest BCUT2D eigenvalue weighted by atomic mass is 9.68. The van der Waals surface area contributed by atoms with Crippen molar-refractivity contribution in [3.8, 4) is 5.75 Å². The van der Waals surface area contributed by atoms with Crippen LogP contribution in [0.2, 0.25) is 0 Å². The molecule has 0 aliphatic heterocycles. The maximum atomic E-state index is 10.6. The molecule has 1 atom stereocenters. The molecule has 0 aromatic heterocycles. The molecular weight excluding hydrogens is 459 g/mol. The minimum atomic E-state index is -0.135. The summed E-state index contributed by atoms with van der Waals surface area (Å²) in [6.07, 6.45) is 1.68. The standard InChI is InChI=1S/C20H27IN2O2S/c1-12(9-10-25-26-21)17-15-11-20(3,4)18(13(2)22-5)19(23-6)14(15)7-8-16(17)24/h7-8,12,24H,6,9-11H2,1-5H3. The van der Waals surface area contributed by atoms with Crippen LogP contribution in [-0.2, 0) is 10.6 Å². The van der Waals surface area contributed by atoms with Gasteiger partial charge in [-0.05, 0) is 55.5 Å². The van der Waals surface area contributed by atoms with Crippen molar-refractivity contribution in [1.82, 2.24) is 0 Å². The van der Waals surface area contributed by atoms with Gasteiger partial charge in [0.15, 0.2) is 0 Å². The van der Waals surface area contributed by atoms with Gasteiger partial charge in [0, 0.05) is 50.7 Å². The molecule has 0 saturated carbocycles. The molecular formula is C20H27IN2O2S. The number of halogens is 1. The quantitative estimate of drug-likeness (QED) is 0.223. The van der Waals surface area contributed by atoms with Crippen LogP contribution in [0.3, 0.4) is 0 Å². The predicted octanol–water partition coefficient (Wildman–Crippen LogP) is 5.99. The van der Waals surface area contributed by atoms with Gasteiger partial charge in [-0.2, -0.15) is 0 Å². The second-order valence-electron chi connectivity index (χ2n) is 7.35. The van der Waals surface area contributed by atoms with Gasteiger partial charge in [-0.1, -0.05) is 20.8 Å². The summed E-state index contributed by atoms with van der Waals surface area (Å²) in [5.41, 5.74) is 6.09. The molecule has 1 unspecified atom stereocenters. The van der Waals surface area contributed by atoms with Crippen LogP contribution in [0.1, 0.15) is 56.7 Å². The zero-order valence-electron chi connectivity index (χ0n) is 16.1. The average Bonchev–Trinajstić information content (AvgIpc) is 2.59. The van der Waals surface area contributed by atoms with Crippen molar-refractivity contribution in [3.63, 3.8) is 0 Å². The Morgan fingerprint density at radius 2 is 2.15 bits per heavy atom. The van der Waals surface area contributed by atoms with Crippen LogP contribution >= 0.6 is 30.4 Å². The maximum Gasteiger partial charge on any atom is 0.119 e. The van der Waals surface area contributed by atoms with E-state index >= 15 is 0 Å². The van der Waals surface area contributed by atoms with E-state index in [1.54, 1.807) is 6.07 Å². The first-order valence-corrected chi connectivity index (χ1v) is 12.0. The normalized spacial score (nSPS) is 17.8. The van der Waals surface area contributed by atoms with E-state index < -0.39 is 0 Å². The van der Waals surface area contributed by atoms with Gasteiger partial charge in [0.05, 0.1) is 21.5 Å². The fourth-order valence-corrected chi connectivity index (χ4v) is 4.64. The summed E-state index contributed by atoms with van der Waals surface area (Å²) >= 11 is 2.12. The Morgan fingerprint density at radius 3 is 2.73 bits per heavy atom. The molecule has 6 heteroatoms. The zero-order valence-corrected chi connectivity index (χ0v) is 19.1. The van der Waals surface area contributed by atoms with Crippen molar-refractivity contribution in [3.05, 3.63) is 34.4 Å². The van der Waals surface area contributed by atoms with E-state index in [-0.39, 0.29) is 11.3 Å². The summed E-state index contributed by atoms with van der Waals surface area (Å²) in [5.74, 6) is 0.541. The van der Waals surface area contributed by atoms with E-state index in [0.29, 0.717) is 12.4 Å². The Balaban J connectivity index is 2.64. The lowest BCUT2D eigenvalue weighted by Gasteiger charge is -2.37. The van der Waals surface area contributed by atoms with Crippen molar-refractivity contribution < 1.29 is 9.29 Å². The first kappa shape index (κ1) is 21.4. The monoisotopic (exact) mass is 486 g/mol. The number of fused-ring (bicyclic) bond motifs is 1. The molecule has 0 amide bonds. The van der Waals surface area contributed by atoms with Gasteiger partial charge < -0.3 is 9.29 Å². The molecule has 0 saturated heterocycles. The van der Waals surface area contributed by atoms with Gasteiger partial charge in [0.25, 0.3) is 0 Å². The molecule has 1 aliphatic carbocycles. The van der Waals surface area contributed by atoms with Crippen molar-refractivity contribution in [2.75, 3.05) is 13.7 Å². The van der Waals surface area contributed by atoms with Gasteiger partial charge in [-0.3, -0.25) is 9.98 Å². The Bertz CT molecular complexity index is 756. The van der Waals surface area contributed by atoms with E-state index in [2.05, 4.69) is 58.7 Å². The molecule has 2 rings (SSSR count). The van der Waals surface area contributed by atoms with Crippen LogP contribution in [0.5, 0.6) is 5.75 Å². The molecule has 0 spiro atoms. The molecule has 1 N–H and O–H groups in total. The Labute approximate surface area is 173 Å². The molecule has 1 aromatic rings. The summed E-state index contributed by atoms with van der Waals surface area (Å²) in [6, 6.07) is 3.73. The number of aromatic hydroxyl groups is 1. The molecule has 0 heterocycles.